The van der Waals surface area contributed by atoms with Crippen LogP contribution in [0.5, 0.6) is 17.2 Å². The summed E-state index contributed by atoms with van der Waals surface area (Å²) in [5.74, 6) is -0.283. The van der Waals surface area contributed by atoms with Crippen molar-refractivity contribution in [2.24, 2.45) is 0 Å². The third-order valence-electron chi connectivity index (χ3n) is 5.00. The highest BCUT2D eigenvalue weighted by atomic mass is 16.7. The van der Waals surface area contributed by atoms with E-state index >= 15 is 0 Å². The molecular weight excluding hydrogens is 390 g/mol. The van der Waals surface area contributed by atoms with Gasteiger partial charge in [0.25, 0.3) is 0 Å². The fraction of sp³-hybridized carbons (Fsp3) is 0.273. The summed E-state index contributed by atoms with van der Waals surface area (Å²) in [7, 11) is 1.54. The molecule has 8 nitrogen and oxygen atoms in total. The second-order valence-electron chi connectivity index (χ2n) is 6.88. The lowest BCUT2D eigenvalue weighted by Gasteiger charge is -2.19. The Labute approximate surface area is 172 Å². The zero-order valence-electron chi connectivity index (χ0n) is 16.3. The van der Waals surface area contributed by atoms with E-state index in [4.69, 9.17) is 18.6 Å². The molecule has 156 valence electrons. The first-order valence-electron chi connectivity index (χ1n) is 9.47. The number of carbonyl (C=O) groups excluding carboxylic acids is 1. The molecule has 2 aromatic carbocycles. The number of nitrogens with one attached hydrogen (secondary N) is 1. The monoisotopic (exact) mass is 411 g/mol. The highest BCUT2D eigenvalue weighted by molar-refractivity contribution is 5.80. The quantitative estimate of drug-likeness (QED) is 0.575. The van der Waals surface area contributed by atoms with Gasteiger partial charge in [-0.2, -0.15) is 0 Å². The molecule has 0 unspecified atom stereocenters. The Morgan fingerprint density at radius 1 is 1.20 bits per heavy atom. The lowest BCUT2D eigenvalue weighted by molar-refractivity contribution is -0.121. The Morgan fingerprint density at radius 2 is 1.97 bits per heavy atom. The summed E-state index contributed by atoms with van der Waals surface area (Å²) in [6.45, 7) is 0.740. The predicted molar refractivity (Wildman–Crippen MR) is 108 cm³/mol. The van der Waals surface area contributed by atoms with Crippen molar-refractivity contribution in [1.82, 2.24) is 5.32 Å². The molecule has 30 heavy (non-hydrogen) atoms. The van der Waals surface area contributed by atoms with Crippen molar-refractivity contribution in [2.75, 3.05) is 27.1 Å². The van der Waals surface area contributed by atoms with Gasteiger partial charge in [0.1, 0.15) is 11.3 Å². The van der Waals surface area contributed by atoms with E-state index in [9.17, 15) is 14.7 Å². The molecule has 0 radical (unpaired) electrons. The summed E-state index contributed by atoms with van der Waals surface area (Å²) in [6.07, 6.45) is 1.28. The van der Waals surface area contributed by atoms with Crippen LogP contribution in [-0.4, -0.2) is 38.1 Å². The van der Waals surface area contributed by atoms with Crippen molar-refractivity contribution < 1.29 is 28.5 Å². The van der Waals surface area contributed by atoms with Crippen LogP contribution in [0.2, 0.25) is 0 Å². The van der Waals surface area contributed by atoms with Crippen LogP contribution < -0.4 is 20.2 Å². The van der Waals surface area contributed by atoms with Gasteiger partial charge in [-0.25, -0.2) is 0 Å². The summed E-state index contributed by atoms with van der Waals surface area (Å²) >= 11 is 0. The van der Waals surface area contributed by atoms with Crippen LogP contribution in [0, 0.1) is 0 Å². The number of aromatic hydroxyl groups is 1. The first-order chi connectivity index (χ1) is 14.6. The predicted octanol–water partition coefficient (Wildman–Crippen LogP) is 2.51. The first-order valence-corrected chi connectivity index (χ1v) is 9.47. The highest BCUT2D eigenvalue weighted by Gasteiger charge is 2.28. The number of benzene rings is 2. The van der Waals surface area contributed by atoms with Gasteiger partial charge in [0, 0.05) is 43.2 Å². The molecule has 1 aromatic heterocycles. The van der Waals surface area contributed by atoms with Crippen LogP contribution in [0.1, 0.15) is 23.5 Å². The molecule has 4 rings (SSSR count). The second-order valence-corrected chi connectivity index (χ2v) is 6.88. The van der Waals surface area contributed by atoms with Gasteiger partial charge < -0.3 is 29.1 Å². The lowest BCUT2D eigenvalue weighted by atomic mass is 9.87. The molecule has 1 aliphatic rings. The maximum absolute atomic E-state index is 13.2. The zero-order chi connectivity index (χ0) is 21.1. The van der Waals surface area contributed by atoms with Crippen LogP contribution in [0.15, 0.2) is 51.9 Å². The molecule has 0 saturated carbocycles. The number of para-hydroxylation sites is 1. The minimum absolute atomic E-state index is 0.0402. The highest BCUT2D eigenvalue weighted by Crippen LogP contribution is 2.42. The van der Waals surface area contributed by atoms with E-state index in [1.807, 2.05) is 0 Å². The summed E-state index contributed by atoms with van der Waals surface area (Å²) in [6, 6.07) is 9.91. The van der Waals surface area contributed by atoms with E-state index in [0.29, 0.717) is 41.2 Å². The minimum Gasteiger partial charge on any atom is -0.508 e. The molecule has 0 aliphatic carbocycles. The molecule has 3 aromatic rings. The van der Waals surface area contributed by atoms with E-state index in [2.05, 4.69) is 5.32 Å². The number of ether oxygens (including phenoxy) is 3. The molecule has 0 saturated heterocycles. The molecule has 8 heteroatoms. The summed E-state index contributed by atoms with van der Waals surface area (Å²) in [4.78, 5) is 25.7. The van der Waals surface area contributed by atoms with Gasteiger partial charge in [-0.1, -0.05) is 12.1 Å². The van der Waals surface area contributed by atoms with Crippen molar-refractivity contribution in [3.8, 4) is 17.2 Å². The van der Waals surface area contributed by atoms with Gasteiger partial charge in [-0.3, -0.25) is 9.59 Å². The van der Waals surface area contributed by atoms with E-state index in [0.717, 1.165) is 0 Å². The number of phenols is 1. The van der Waals surface area contributed by atoms with E-state index in [1.54, 1.807) is 37.4 Å². The summed E-state index contributed by atoms with van der Waals surface area (Å²) < 4.78 is 21.3. The van der Waals surface area contributed by atoms with E-state index < -0.39 is 5.92 Å². The Hall–Kier alpha value is -3.52. The average Bonchev–Trinajstić information content (AvgIpc) is 3.20. The smallest absolute Gasteiger partial charge is 0.231 e. The molecule has 0 spiro atoms. The van der Waals surface area contributed by atoms with Crippen molar-refractivity contribution in [2.45, 2.75) is 12.3 Å². The number of hydrogen-bond donors (Lipinski definition) is 2. The van der Waals surface area contributed by atoms with Crippen LogP contribution in [0.4, 0.5) is 0 Å². The van der Waals surface area contributed by atoms with E-state index in [-0.39, 0.29) is 35.9 Å². The van der Waals surface area contributed by atoms with Gasteiger partial charge in [-0.15, -0.1) is 0 Å². The lowest BCUT2D eigenvalue weighted by Crippen LogP contribution is -2.29. The first kappa shape index (κ1) is 19.8. The number of hydrogen-bond acceptors (Lipinski definition) is 7. The van der Waals surface area contributed by atoms with Crippen LogP contribution in [0.3, 0.4) is 0 Å². The Morgan fingerprint density at radius 3 is 2.77 bits per heavy atom. The number of rotatable bonds is 7. The van der Waals surface area contributed by atoms with Gasteiger partial charge in [0.05, 0.1) is 18.3 Å². The Kier molecular flexibility index (Phi) is 5.58. The van der Waals surface area contributed by atoms with Crippen LogP contribution in [0.25, 0.3) is 11.0 Å². The normalized spacial score (nSPS) is 13.4. The minimum atomic E-state index is -0.747. The van der Waals surface area contributed by atoms with E-state index in [1.165, 1.54) is 12.3 Å². The molecule has 0 bridgehead atoms. The standard InChI is InChI=1S/C22H21NO7/c1-27-7-6-23-21(25)9-14(15-8-19-20(10-17(15)24)30-12-29-19)16-11-28-18-5-3-2-4-13(18)22(16)26/h2-5,8,10-11,14,24H,6-7,9,12H2,1H3,(H,23,25)/t14-/m0/s1. The Bertz CT molecular complexity index is 1140. The van der Waals surface area contributed by atoms with Gasteiger partial charge in [0.15, 0.2) is 16.9 Å². The maximum atomic E-state index is 13.2. The zero-order valence-corrected chi connectivity index (χ0v) is 16.3. The van der Waals surface area contributed by atoms with Gasteiger partial charge in [0.2, 0.25) is 12.7 Å². The molecule has 2 heterocycles. The molecule has 1 aliphatic heterocycles. The topological polar surface area (TPSA) is 107 Å². The maximum Gasteiger partial charge on any atom is 0.231 e. The van der Waals surface area contributed by atoms with Gasteiger partial charge >= 0.3 is 0 Å². The fourth-order valence-corrected chi connectivity index (χ4v) is 3.50. The third kappa shape index (κ3) is 3.81. The number of methoxy groups -OCH3 is 1. The van der Waals surface area contributed by atoms with Gasteiger partial charge in [-0.05, 0) is 18.2 Å². The molecule has 2 N–H and O–H groups in total. The second kappa shape index (κ2) is 8.46. The van der Waals surface area contributed by atoms with Crippen molar-refractivity contribution >= 4 is 16.9 Å². The summed E-state index contributed by atoms with van der Waals surface area (Å²) in [5.41, 5.74) is 0.835. The third-order valence-corrected chi connectivity index (χ3v) is 5.00. The number of fused-ring (bicyclic) bond motifs is 2. The van der Waals surface area contributed by atoms with Crippen molar-refractivity contribution in [3.63, 3.8) is 0 Å². The number of carbonyl (C=O) groups is 1. The number of phenolic OH excluding ortho intramolecular Hbond substituents is 1. The molecule has 0 fully saturated rings. The molecule has 1 atom stereocenters. The largest absolute Gasteiger partial charge is 0.508 e. The van der Waals surface area contributed by atoms with Crippen molar-refractivity contribution in [1.29, 1.82) is 0 Å². The fourth-order valence-electron chi connectivity index (χ4n) is 3.50. The Balaban J connectivity index is 1.78. The average molecular weight is 411 g/mol. The molecule has 1 amide bonds. The summed E-state index contributed by atoms with van der Waals surface area (Å²) in [5, 5.41) is 13.8. The van der Waals surface area contributed by atoms with Crippen molar-refractivity contribution in [3.05, 3.63) is 64.0 Å². The van der Waals surface area contributed by atoms with Crippen LogP contribution >= 0.6 is 0 Å². The molecular formula is C22H21NO7. The SMILES string of the molecule is COCCNC(=O)C[C@@H](c1cc2c(cc1O)OCO2)c1coc2ccccc2c1=O. The van der Waals surface area contributed by atoms with Crippen LogP contribution in [-0.2, 0) is 9.53 Å². The number of amides is 1.